The van der Waals surface area contributed by atoms with Crippen molar-refractivity contribution in [1.29, 1.82) is 0 Å². The number of carboxylic acids is 1. The van der Waals surface area contributed by atoms with Gasteiger partial charge in [-0.15, -0.1) is 21.5 Å². The van der Waals surface area contributed by atoms with Crippen molar-refractivity contribution in [2.24, 2.45) is 5.92 Å². The third-order valence-corrected chi connectivity index (χ3v) is 3.72. The smallest absolute Gasteiger partial charge is 0.309 e. The van der Waals surface area contributed by atoms with E-state index in [9.17, 15) is 4.79 Å². The van der Waals surface area contributed by atoms with Gasteiger partial charge in [0.2, 0.25) is 5.89 Å². The van der Waals surface area contributed by atoms with Crippen LogP contribution >= 0.6 is 11.3 Å². The number of hydrogen-bond acceptors (Lipinski definition) is 6. The first-order valence-electron chi connectivity index (χ1n) is 5.54. The molecule has 1 fully saturated rings. The van der Waals surface area contributed by atoms with Crippen molar-refractivity contribution in [1.82, 2.24) is 15.1 Å². The number of aliphatic carboxylic acids is 1. The molecule has 3 heterocycles. The van der Waals surface area contributed by atoms with Gasteiger partial charge < -0.3 is 9.52 Å². The SMILES string of the molecule is O=C(O)C1CN(Cc2nnc(-c3cccs3)o2)C1. The molecule has 1 saturated heterocycles. The Hall–Kier alpha value is -1.73. The lowest BCUT2D eigenvalue weighted by Crippen LogP contribution is -2.49. The maximum Gasteiger partial charge on any atom is 0.309 e. The molecule has 0 bridgehead atoms. The van der Waals surface area contributed by atoms with Gasteiger partial charge in [0.25, 0.3) is 5.89 Å². The first-order chi connectivity index (χ1) is 8.72. The lowest BCUT2D eigenvalue weighted by molar-refractivity contribution is -0.147. The second-order valence-electron chi connectivity index (χ2n) is 4.21. The van der Waals surface area contributed by atoms with Gasteiger partial charge in [-0.3, -0.25) is 9.69 Å². The number of rotatable bonds is 4. The Bertz CT molecular complexity index is 546. The minimum atomic E-state index is -0.740. The van der Waals surface area contributed by atoms with E-state index in [4.69, 9.17) is 9.52 Å². The third-order valence-electron chi connectivity index (χ3n) is 2.86. The molecule has 1 N–H and O–H groups in total. The van der Waals surface area contributed by atoms with Crippen LogP contribution in [0.2, 0.25) is 0 Å². The molecule has 94 valence electrons. The van der Waals surface area contributed by atoms with Crippen LogP contribution in [0.4, 0.5) is 0 Å². The van der Waals surface area contributed by atoms with Gasteiger partial charge in [0.05, 0.1) is 17.3 Å². The van der Waals surface area contributed by atoms with E-state index in [0.29, 0.717) is 31.4 Å². The summed E-state index contributed by atoms with van der Waals surface area (Å²) >= 11 is 1.54. The van der Waals surface area contributed by atoms with Gasteiger partial charge in [0, 0.05) is 13.1 Å². The zero-order chi connectivity index (χ0) is 12.5. The van der Waals surface area contributed by atoms with Crippen molar-refractivity contribution in [3.63, 3.8) is 0 Å². The normalized spacial score (nSPS) is 16.7. The lowest BCUT2D eigenvalue weighted by atomic mass is 10.0. The van der Waals surface area contributed by atoms with Crippen LogP contribution in [0.1, 0.15) is 5.89 Å². The maximum atomic E-state index is 10.7. The molecule has 6 nitrogen and oxygen atoms in total. The fraction of sp³-hybridized carbons (Fsp3) is 0.364. The van der Waals surface area contributed by atoms with E-state index in [1.807, 2.05) is 22.4 Å². The summed E-state index contributed by atoms with van der Waals surface area (Å²) in [6.07, 6.45) is 0. The Kier molecular flexibility index (Phi) is 2.85. The number of nitrogens with zero attached hydrogens (tertiary/aromatic N) is 3. The number of aromatic nitrogens is 2. The molecule has 1 aliphatic rings. The first kappa shape index (κ1) is 11.4. The Labute approximate surface area is 107 Å². The van der Waals surface area contributed by atoms with E-state index in [1.165, 1.54) is 0 Å². The first-order valence-corrected chi connectivity index (χ1v) is 6.42. The highest BCUT2D eigenvalue weighted by molar-refractivity contribution is 7.13. The summed E-state index contributed by atoms with van der Waals surface area (Å²) in [5.41, 5.74) is 0. The van der Waals surface area contributed by atoms with E-state index in [0.717, 1.165) is 4.88 Å². The number of thiophene rings is 1. The molecule has 1 aliphatic heterocycles. The van der Waals surface area contributed by atoms with E-state index in [1.54, 1.807) is 11.3 Å². The summed E-state index contributed by atoms with van der Waals surface area (Å²) in [7, 11) is 0. The van der Waals surface area contributed by atoms with Crippen LogP contribution in [0.3, 0.4) is 0 Å². The highest BCUT2D eigenvalue weighted by atomic mass is 32.1. The van der Waals surface area contributed by atoms with E-state index >= 15 is 0 Å². The maximum absolute atomic E-state index is 10.7. The average molecular weight is 265 g/mol. The number of carboxylic acid groups (broad SMARTS) is 1. The second kappa shape index (κ2) is 4.51. The summed E-state index contributed by atoms with van der Waals surface area (Å²) in [6.45, 7) is 1.61. The molecule has 18 heavy (non-hydrogen) atoms. The quantitative estimate of drug-likeness (QED) is 0.898. The van der Waals surface area contributed by atoms with E-state index in [2.05, 4.69) is 10.2 Å². The van der Waals surface area contributed by atoms with Crippen molar-refractivity contribution in [3.05, 3.63) is 23.4 Å². The highest BCUT2D eigenvalue weighted by Gasteiger charge is 2.33. The molecule has 0 aromatic carbocycles. The summed E-state index contributed by atoms with van der Waals surface area (Å²) < 4.78 is 5.53. The van der Waals surface area contributed by atoms with Crippen LogP contribution in [0.25, 0.3) is 10.8 Å². The van der Waals surface area contributed by atoms with Gasteiger partial charge in [-0.25, -0.2) is 0 Å². The van der Waals surface area contributed by atoms with Crippen molar-refractivity contribution in [2.75, 3.05) is 13.1 Å². The minimum absolute atomic E-state index is 0.260. The predicted molar refractivity (Wildman–Crippen MR) is 64.0 cm³/mol. The molecule has 0 atom stereocenters. The molecule has 2 aromatic rings. The van der Waals surface area contributed by atoms with Gasteiger partial charge in [0.15, 0.2) is 0 Å². The van der Waals surface area contributed by atoms with Crippen molar-refractivity contribution in [2.45, 2.75) is 6.54 Å². The largest absolute Gasteiger partial charge is 0.481 e. The minimum Gasteiger partial charge on any atom is -0.481 e. The van der Waals surface area contributed by atoms with E-state index in [-0.39, 0.29) is 5.92 Å². The number of likely N-dealkylation sites (tertiary alicyclic amines) is 1. The van der Waals surface area contributed by atoms with Gasteiger partial charge in [-0.2, -0.15) is 0 Å². The molecule has 0 unspecified atom stereocenters. The van der Waals surface area contributed by atoms with Gasteiger partial charge in [0.1, 0.15) is 0 Å². The molecule has 3 rings (SSSR count). The fourth-order valence-corrected chi connectivity index (χ4v) is 2.51. The molecule has 0 amide bonds. The van der Waals surface area contributed by atoms with Crippen LogP contribution < -0.4 is 0 Å². The lowest BCUT2D eigenvalue weighted by Gasteiger charge is -2.35. The van der Waals surface area contributed by atoms with Crippen LogP contribution in [-0.2, 0) is 11.3 Å². The molecular formula is C11H11N3O3S. The molecule has 0 spiro atoms. The average Bonchev–Trinajstić information content (AvgIpc) is 2.92. The van der Waals surface area contributed by atoms with Gasteiger partial charge in [-0.05, 0) is 11.4 Å². The fourth-order valence-electron chi connectivity index (χ4n) is 1.86. The summed E-state index contributed by atoms with van der Waals surface area (Å²) in [5, 5.41) is 18.7. The van der Waals surface area contributed by atoms with E-state index < -0.39 is 5.97 Å². The summed E-state index contributed by atoms with van der Waals surface area (Å²) in [6, 6.07) is 3.85. The molecule has 0 aliphatic carbocycles. The van der Waals surface area contributed by atoms with Gasteiger partial charge in [-0.1, -0.05) is 6.07 Å². The van der Waals surface area contributed by atoms with Crippen LogP contribution in [-0.4, -0.2) is 39.3 Å². The van der Waals surface area contributed by atoms with Crippen LogP contribution in [0.5, 0.6) is 0 Å². The van der Waals surface area contributed by atoms with Crippen molar-refractivity contribution >= 4 is 17.3 Å². The molecule has 0 saturated carbocycles. The number of hydrogen-bond donors (Lipinski definition) is 1. The Balaban J connectivity index is 1.60. The summed E-state index contributed by atoms with van der Waals surface area (Å²) in [4.78, 5) is 13.6. The standard InChI is InChI=1S/C11H11N3O3S/c15-11(16)7-4-14(5-7)6-9-12-13-10(17-9)8-2-1-3-18-8/h1-3,7H,4-6H2,(H,15,16). The van der Waals surface area contributed by atoms with Crippen LogP contribution in [0.15, 0.2) is 21.9 Å². The van der Waals surface area contributed by atoms with Gasteiger partial charge >= 0.3 is 5.97 Å². The Morgan fingerprint density at radius 1 is 1.56 bits per heavy atom. The van der Waals surface area contributed by atoms with Crippen LogP contribution in [0, 0.1) is 5.92 Å². The summed E-state index contributed by atoms with van der Waals surface area (Å²) in [5.74, 6) is 0.0540. The topological polar surface area (TPSA) is 79.5 Å². The molecule has 0 radical (unpaired) electrons. The highest BCUT2D eigenvalue weighted by Crippen LogP contribution is 2.24. The predicted octanol–water partition coefficient (Wildman–Crippen LogP) is 1.31. The Morgan fingerprint density at radius 2 is 2.39 bits per heavy atom. The zero-order valence-corrected chi connectivity index (χ0v) is 10.3. The molecule has 2 aromatic heterocycles. The molecular weight excluding hydrogens is 254 g/mol. The number of carbonyl (C=O) groups is 1. The second-order valence-corrected chi connectivity index (χ2v) is 5.16. The monoisotopic (exact) mass is 265 g/mol. The molecule has 7 heteroatoms. The third kappa shape index (κ3) is 2.14. The van der Waals surface area contributed by atoms with Crippen molar-refractivity contribution < 1.29 is 14.3 Å². The van der Waals surface area contributed by atoms with Crippen molar-refractivity contribution in [3.8, 4) is 10.8 Å². The zero-order valence-electron chi connectivity index (χ0n) is 9.44. The Morgan fingerprint density at radius 3 is 3.06 bits per heavy atom.